The zero-order valence-corrected chi connectivity index (χ0v) is 9.57. The molecule has 0 saturated heterocycles. The summed E-state index contributed by atoms with van der Waals surface area (Å²) in [6.45, 7) is 8.14. The van der Waals surface area contributed by atoms with Crippen molar-refractivity contribution in [2.45, 2.75) is 33.6 Å². The quantitative estimate of drug-likeness (QED) is 0.559. The average Bonchev–Trinajstić information content (AvgIpc) is 2.16. The van der Waals surface area contributed by atoms with Gasteiger partial charge in [-0.25, -0.2) is 0 Å². The number of non-ortho nitro benzene ring substituents is 1. The summed E-state index contributed by atoms with van der Waals surface area (Å²) in [5.41, 5.74) is 2.33. The van der Waals surface area contributed by atoms with Crippen molar-refractivity contribution in [1.82, 2.24) is 0 Å². The van der Waals surface area contributed by atoms with Crippen LogP contribution in [0.15, 0.2) is 18.2 Å². The Labute approximate surface area is 90.3 Å². The number of hydrogen-bond acceptors (Lipinski definition) is 2. The predicted octanol–water partition coefficient (Wildman–Crippen LogP) is 3.68. The Hall–Kier alpha value is -1.38. The Morgan fingerprint density at radius 3 is 2.33 bits per heavy atom. The molecule has 0 aliphatic heterocycles. The molecule has 0 aromatic heterocycles. The van der Waals surface area contributed by atoms with Gasteiger partial charge in [-0.1, -0.05) is 33.8 Å². The Bertz CT molecular complexity index is 370. The van der Waals surface area contributed by atoms with Gasteiger partial charge >= 0.3 is 0 Å². The first kappa shape index (κ1) is 11.7. The number of benzene rings is 1. The molecule has 0 fully saturated rings. The molecule has 1 aromatic rings. The van der Waals surface area contributed by atoms with Crippen molar-refractivity contribution in [3.05, 3.63) is 45.4 Å². The van der Waals surface area contributed by atoms with Gasteiger partial charge in [-0.05, 0) is 23.0 Å². The molecule has 3 heteroatoms. The summed E-state index contributed by atoms with van der Waals surface area (Å²) in [6.07, 6.45) is 0. The minimum absolute atomic E-state index is 0.163. The molecule has 0 N–H and O–H groups in total. The Morgan fingerprint density at radius 1 is 1.33 bits per heavy atom. The van der Waals surface area contributed by atoms with Crippen LogP contribution < -0.4 is 0 Å². The van der Waals surface area contributed by atoms with Crippen LogP contribution in [0.2, 0.25) is 0 Å². The molecule has 0 bridgehead atoms. The molecule has 1 rings (SSSR count). The lowest BCUT2D eigenvalue weighted by atomic mass is 9.90. The van der Waals surface area contributed by atoms with Crippen LogP contribution in [0.5, 0.6) is 0 Å². The molecule has 1 aromatic carbocycles. The van der Waals surface area contributed by atoms with Gasteiger partial charge in [0.25, 0.3) is 5.69 Å². The van der Waals surface area contributed by atoms with E-state index in [1.807, 2.05) is 19.9 Å². The van der Waals surface area contributed by atoms with Gasteiger partial charge in [-0.15, -0.1) is 0 Å². The Balaban J connectivity index is 3.27. The van der Waals surface area contributed by atoms with Crippen molar-refractivity contribution in [3.8, 4) is 0 Å². The molecule has 15 heavy (non-hydrogen) atoms. The van der Waals surface area contributed by atoms with Gasteiger partial charge in [0.15, 0.2) is 0 Å². The van der Waals surface area contributed by atoms with Gasteiger partial charge in [0, 0.05) is 12.1 Å². The predicted molar refractivity (Wildman–Crippen MR) is 60.9 cm³/mol. The minimum Gasteiger partial charge on any atom is -0.258 e. The van der Waals surface area contributed by atoms with Gasteiger partial charge < -0.3 is 0 Å². The maximum Gasteiger partial charge on any atom is 0.269 e. The number of hydrogen-bond donors (Lipinski definition) is 0. The molecule has 1 radical (unpaired) electrons. The topological polar surface area (TPSA) is 43.1 Å². The fourth-order valence-corrected chi connectivity index (χ4v) is 1.59. The molecule has 0 aliphatic rings. The highest BCUT2D eigenvalue weighted by Crippen LogP contribution is 2.28. The van der Waals surface area contributed by atoms with Crippen LogP contribution in [0.3, 0.4) is 0 Å². The van der Waals surface area contributed by atoms with Gasteiger partial charge in [0.1, 0.15) is 0 Å². The van der Waals surface area contributed by atoms with Crippen molar-refractivity contribution in [2.24, 2.45) is 0 Å². The van der Waals surface area contributed by atoms with E-state index in [0.29, 0.717) is 5.92 Å². The van der Waals surface area contributed by atoms with E-state index in [1.165, 1.54) is 5.56 Å². The molecule has 0 atom stereocenters. The van der Waals surface area contributed by atoms with Gasteiger partial charge in [-0.3, -0.25) is 10.1 Å². The van der Waals surface area contributed by atoms with E-state index >= 15 is 0 Å². The summed E-state index contributed by atoms with van der Waals surface area (Å²) in [5.74, 6) is 1.50. The smallest absolute Gasteiger partial charge is 0.258 e. The van der Waals surface area contributed by atoms with E-state index in [1.54, 1.807) is 12.1 Å². The van der Waals surface area contributed by atoms with Crippen LogP contribution in [0.4, 0.5) is 5.69 Å². The lowest BCUT2D eigenvalue weighted by molar-refractivity contribution is -0.384. The lowest BCUT2D eigenvalue weighted by Crippen LogP contribution is -2.00. The summed E-state index contributed by atoms with van der Waals surface area (Å²) in [6, 6.07) is 5.08. The van der Waals surface area contributed by atoms with Crippen LogP contribution in [0.1, 0.15) is 44.7 Å². The molecule has 3 nitrogen and oxygen atoms in total. The largest absolute Gasteiger partial charge is 0.269 e. The second-order valence-corrected chi connectivity index (χ2v) is 4.18. The summed E-state index contributed by atoms with van der Waals surface area (Å²) >= 11 is 0. The van der Waals surface area contributed by atoms with E-state index in [2.05, 4.69) is 13.8 Å². The molecule has 81 valence electrons. The summed E-state index contributed by atoms with van der Waals surface area (Å²) in [5, 5.41) is 10.7. The molecule has 0 aliphatic carbocycles. The molecular formula is C12H16NO2. The van der Waals surface area contributed by atoms with Crippen molar-refractivity contribution in [1.29, 1.82) is 0 Å². The molecule has 0 saturated carbocycles. The third-order valence-electron chi connectivity index (χ3n) is 2.41. The first-order valence-electron chi connectivity index (χ1n) is 5.02. The maximum atomic E-state index is 10.7. The van der Waals surface area contributed by atoms with Crippen molar-refractivity contribution in [3.63, 3.8) is 0 Å². The highest BCUT2D eigenvalue weighted by atomic mass is 16.6. The molecular weight excluding hydrogens is 190 g/mol. The number of nitro groups is 1. The normalized spacial score (nSPS) is 11.1. The van der Waals surface area contributed by atoms with Crippen LogP contribution in [-0.2, 0) is 0 Å². The Morgan fingerprint density at radius 2 is 1.93 bits per heavy atom. The first-order valence-corrected chi connectivity index (χ1v) is 5.02. The van der Waals surface area contributed by atoms with E-state index < -0.39 is 0 Å². The fraction of sp³-hybridized carbons (Fsp3) is 0.417. The zero-order valence-electron chi connectivity index (χ0n) is 9.57. The van der Waals surface area contributed by atoms with Gasteiger partial charge in [0.05, 0.1) is 4.92 Å². The van der Waals surface area contributed by atoms with Crippen molar-refractivity contribution in [2.75, 3.05) is 0 Å². The summed E-state index contributed by atoms with van der Waals surface area (Å²) in [4.78, 5) is 10.3. The second kappa shape index (κ2) is 4.43. The number of rotatable bonds is 3. The zero-order chi connectivity index (χ0) is 11.6. The monoisotopic (exact) mass is 206 g/mol. The SMILES string of the molecule is C[C](C)c1cc([N+](=O)[O-])ccc1C(C)C. The maximum absolute atomic E-state index is 10.7. The van der Waals surface area contributed by atoms with E-state index in [4.69, 9.17) is 0 Å². The van der Waals surface area contributed by atoms with Crippen molar-refractivity contribution >= 4 is 5.69 Å². The fourth-order valence-electron chi connectivity index (χ4n) is 1.59. The average molecular weight is 206 g/mol. The third kappa shape index (κ3) is 2.55. The van der Waals surface area contributed by atoms with E-state index in [9.17, 15) is 10.1 Å². The number of nitro benzene ring substituents is 1. The van der Waals surface area contributed by atoms with Gasteiger partial charge in [-0.2, -0.15) is 0 Å². The lowest BCUT2D eigenvalue weighted by Gasteiger charge is -2.14. The Kier molecular flexibility index (Phi) is 3.45. The van der Waals surface area contributed by atoms with E-state index in [0.717, 1.165) is 11.5 Å². The van der Waals surface area contributed by atoms with Crippen LogP contribution in [0.25, 0.3) is 0 Å². The standard InChI is InChI=1S/C12H16NO2/c1-8(2)11-6-5-10(13(14)15)7-12(11)9(3)4/h5-8H,1-4H3. The summed E-state index contributed by atoms with van der Waals surface area (Å²) in [7, 11) is 0. The molecule has 0 amide bonds. The first-order chi connectivity index (χ1) is 6.93. The van der Waals surface area contributed by atoms with E-state index in [-0.39, 0.29) is 10.6 Å². The van der Waals surface area contributed by atoms with Crippen LogP contribution >= 0.6 is 0 Å². The van der Waals surface area contributed by atoms with Crippen LogP contribution in [0, 0.1) is 16.0 Å². The molecule has 0 heterocycles. The van der Waals surface area contributed by atoms with Crippen LogP contribution in [-0.4, -0.2) is 4.92 Å². The molecule has 0 spiro atoms. The molecule has 0 unspecified atom stereocenters. The third-order valence-corrected chi connectivity index (χ3v) is 2.41. The highest BCUT2D eigenvalue weighted by Gasteiger charge is 2.15. The number of nitrogens with zero attached hydrogens (tertiary/aromatic N) is 1. The summed E-state index contributed by atoms with van der Waals surface area (Å²) < 4.78 is 0. The highest BCUT2D eigenvalue weighted by molar-refractivity contribution is 5.46. The second-order valence-electron chi connectivity index (χ2n) is 4.18. The van der Waals surface area contributed by atoms with Gasteiger partial charge in [0.2, 0.25) is 0 Å². The van der Waals surface area contributed by atoms with Crippen molar-refractivity contribution < 1.29 is 4.92 Å². The minimum atomic E-state index is -0.351.